The summed E-state index contributed by atoms with van der Waals surface area (Å²) in [4.78, 5) is 2.20. The molecule has 1 aromatic rings. The number of nitrogens with zero attached hydrogens (tertiary/aromatic N) is 1. The Hall–Kier alpha value is -0.510. The van der Waals surface area contributed by atoms with Crippen molar-refractivity contribution in [1.82, 2.24) is 4.90 Å². The molecule has 0 spiro atoms. The molecule has 0 saturated heterocycles. The van der Waals surface area contributed by atoms with Crippen LogP contribution in [0.5, 0.6) is 0 Å². The first-order valence-electron chi connectivity index (χ1n) is 6.01. The molecule has 1 rings (SSSR count). The Labute approximate surface area is 109 Å². The third-order valence-corrected chi connectivity index (χ3v) is 3.56. The lowest BCUT2D eigenvalue weighted by Crippen LogP contribution is -2.37. The van der Waals surface area contributed by atoms with E-state index in [4.69, 9.17) is 0 Å². The van der Waals surface area contributed by atoms with E-state index in [-0.39, 0.29) is 0 Å². The van der Waals surface area contributed by atoms with Gasteiger partial charge in [0, 0.05) is 6.54 Å². The van der Waals surface area contributed by atoms with Crippen molar-refractivity contribution in [3.8, 4) is 0 Å². The van der Waals surface area contributed by atoms with Crippen LogP contribution in [0.25, 0.3) is 0 Å². The standard InChI is InChI=1S/C14H23NOS/c1-14(16,13-8-5-4-6-9-13)12-15(2)10-7-11-17-3/h4-6,8-9,16H,7,10-12H2,1-3H3. The smallest absolute Gasteiger partial charge is 0.0994 e. The first-order chi connectivity index (χ1) is 8.06. The molecule has 1 atom stereocenters. The molecule has 0 fully saturated rings. The lowest BCUT2D eigenvalue weighted by atomic mass is 9.95. The molecule has 1 unspecified atom stereocenters. The van der Waals surface area contributed by atoms with Crippen molar-refractivity contribution < 1.29 is 5.11 Å². The maximum atomic E-state index is 10.5. The molecule has 0 saturated carbocycles. The van der Waals surface area contributed by atoms with Crippen LogP contribution in [-0.2, 0) is 5.60 Å². The summed E-state index contributed by atoms with van der Waals surface area (Å²) in [7, 11) is 2.07. The van der Waals surface area contributed by atoms with Gasteiger partial charge in [-0.2, -0.15) is 11.8 Å². The number of benzene rings is 1. The van der Waals surface area contributed by atoms with E-state index in [2.05, 4.69) is 18.2 Å². The fourth-order valence-corrected chi connectivity index (χ4v) is 2.39. The van der Waals surface area contributed by atoms with E-state index in [1.165, 1.54) is 12.2 Å². The first-order valence-corrected chi connectivity index (χ1v) is 7.41. The number of thioether (sulfide) groups is 1. The highest BCUT2D eigenvalue weighted by Gasteiger charge is 2.24. The fourth-order valence-electron chi connectivity index (χ4n) is 1.97. The van der Waals surface area contributed by atoms with Crippen LogP contribution in [0.15, 0.2) is 30.3 Å². The lowest BCUT2D eigenvalue weighted by Gasteiger charge is -2.29. The van der Waals surface area contributed by atoms with E-state index in [1.807, 2.05) is 49.0 Å². The van der Waals surface area contributed by atoms with Gasteiger partial charge in [-0.3, -0.25) is 0 Å². The summed E-state index contributed by atoms with van der Waals surface area (Å²) in [5.74, 6) is 1.18. The minimum atomic E-state index is -0.768. The van der Waals surface area contributed by atoms with Gasteiger partial charge in [0.25, 0.3) is 0 Å². The van der Waals surface area contributed by atoms with Gasteiger partial charge in [0.2, 0.25) is 0 Å². The van der Waals surface area contributed by atoms with E-state index in [0.29, 0.717) is 6.54 Å². The molecular formula is C14H23NOS. The SMILES string of the molecule is CSCCCN(C)CC(C)(O)c1ccccc1. The second kappa shape index (κ2) is 7.04. The first kappa shape index (κ1) is 14.6. The fraction of sp³-hybridized carbons (Fsp3) is 0.571. The van der Waals surface area contributed by atoms with E-state index in [1.54, 1.807) is 0 Å². The number of hydrogen-bond donors (Lipinski definition) is 1. The normalized spacial score (nSPS) is 14.9. The Morgan fingerprint density at radius 2 is 1.94 bits per heavy atom. The van der Waals surface area contributed by atoms with Crippen molar-refractivity contribution in [2.75, 3.05) is 32.1 Å². The summed E-state index contributed by atoms with van der Waals surface area (Å²) in [6.45, 7) is 3.59. The maximum absolute atomic E-state index is 10.5. The highest BCUT2D eigenvalue weighted by atomic mass is 32.2. The average Bonchev–Trinajstić information content (AvgIpc) is 2.30. The lowest BCUT2D eigenvalue weighted by molar-refractivity contribution is 0.0236. The zero-order chi connectivity index (χ0) is 12.7. The third-order valence-electron chi connectivity index (χ3n) is 2.86. The molecule has 2 nitrogen and oxygen atoms in total. The third kappa shape index (κ3) is 5.11. The highest BCUT2D eigenvalue weighted by molar-refractivity contribution is 7.98. The summed E-state index contributed by atoms with van der Waals surface area (Å²) in [5, 5.41) is 10.5. The molecule has 0 aliphatic carbocycles. The molecule has 1 aromatic carbocycles. The van der Waals surface area contributed by atoms with Gasteiger partial charge >= 0.3 is 0 Å². The van der Waals surface area contributed by atoms with E-state index < -0.39 is 5.60 Å². The minimum absolute atomic E-state index is 0.672. The van der Waals surface area contributed by atoms with Crippen molar-refractivity contribution in [2.45, 2.75) is 18.9 Å². The zero-order valence-electron chi connectivity index (χ0n) is 11.0. The summed E-state index contributed by atoms with van der Waals surface area (Å²) >= 11 is 1.87. The van der Waals surface area contributed by atoms with Crippen molar-refractivity contribution in [3.05, 3.63) is 35.9 Å². The predicted molar refractivity (Wildman–Crippen MR) is 76.5 cm³/mol. The summed E-state index contributed by atoms with van der Waals surface area (Å²) in [6, 6.07) is 9.88. The average molecular weight is 253 g/mol. The Morgan fingerprint density at radius 1 is 1.29 bits per heavy atom. The van der Waals surface area contributed by atoms with E-state index in [0.717, 1.165) is 12.1 Å². The number of aliphatic hydroxyl groups is 1. The van der Waals surface area contributed by atoms with Crippen LogP contribution in [-0.4, -0.2) is 42.2 Å². The molecule has 0 aromatic heterocycles. The Bertz CT molecular complexity index is 313. The van der Waals surface area contributed by atoms with Gasteiger partial charge in [-0.1, -0.05) is 30.3 Å². The molecule has 17 heavy (non-hydrogen) atoms. The van der Waals surface area contributed by atoms with E-state index in [9.17, 15) is 5.11 Å². The summed E-state index contributed by atoms with van der Waals surface area (Å²) in [6.07, 6.45) is 3.29. The molecule has 0 bridgehead atoms. The van der Waals surface area contributed by atoms with Crippen molar-refractivity contribution in [3.63, 3.8) is 0 Å². The molecule has 0 aliphatic rings. The predicted octanol–water partition coefficient (Wildman–Crippen LogP) is 2.58. The minimum Gasteiger partial charge on any atom is -0.384 e. The molecular weight excluding hydrogens is 230 g/mol. The van der Waals surface area contributed by atoms with Crippen molar-refractivity contribution >= 4 is 11.8 Å². The van der Waals surface area contributed by atoms with Gasteiger partial charge in [0.1, 0.15) is 0 Å². The molecule has 0 radical (unpaired) electrons. The molecule has 3 heteroatoms. The monoisotopic (exact) mass is 253 g/mol. The van der Waals surface area contributed by atoms with Gasteiger partial charge in [-0.05, 0) is 44.5 Å². The molecule has 0 aliphatic heterocycles. The number of likely N-dealkylation sites (N-methyl/N-ethyl adjacent to an activating group) is 1. The highest BCUT2D eigenvalue weighted by Crippen LogP contribution is 2.21. The van der Waals surface area contributed by atoms with Crippen LogP contribution in [0.2, 0.25) is 0 Å². The summed E-state index contributed by atoms with van der Waals surface area (Å²) in [5.41, 5.74) is 0.215. The maximum Gasteiger partial charge on any atom is 0.0994 e. The van der Waals surface area contributed by atoms with Gasteiger partial charge in [0.15, 0.2) is 0 Å². The largest absolute Gasteiger partial charge is 0.384 e. The Kier molecular flexibility index (Phi) is 6.03. The summed E-state index contributed by atoms with van der Waals surface area (Å²) < 4.78 is 0. The van der Waals surface area contributed by atoms with Crippen LogP contribution in [0.3, 0.4) is 0 Å². The van der Waals surface area contributed by atoms with Crippen LogP contribution in [0, 0.1) is 0 Å². The number of rotatable bonds is 7. The Balaban J connectivity index is 2.49. The quantitative estimate of drug-likeness (QED) is 0.756. The molecule has 1 N–H and O–H groups in total. The van der Waals surface area contributed by atoms with Crippen LogP contribution >= 0.6 is 11.8 Å². The van der Waals surface area contributed by atoms with Gasteiger partial charge < -0.3 is 10.0 Å². The van der Waals surface area contributed by atoms with Crippen LogP contribution in [0.1, 0.15) is 18.9 Å². The van der Waals surface area contributed by atoms with Crippen molar-refractivity contribution in [1.29, 1.82) is 0 Å². The zero-order valence-corrected chi connectivity index (χ0v) is 11.8. The molecule has 0 amide bonds. The molecule has 0 heterocycles. The van der Waals surface area contributed by atoms with E-state index >= 15 is 0 Å². The number of hydrogen-bond acceptors (Lipinski definition) is 3. The van der Waals surface area contributed by atoms with Crippen molar-refractivity contribution in [2.24, 2.45) is 0 Å². The molecule has 96 valence electrons. The Morgan fingerprint density at radius 3 is 2.53 bits per heavy atom. The van der Waals surface area contributed by atoms with Crippen LogP contribution < -0.4 is 0 Å². The second-order valence-corrected chi connectivity index (χ2v) is 5.71. The van der Waals surface area contributed by atoms with Gasteiger partial charge in [0.05, 0.1) is 5.60 Å². The van der Waals surface area contributed by atoms with Gasteiger partial charge in [-0.15, -0.1) is 0 Å². The topological polar surface area (TPSA) is 23.5 Å². The van der Waals surface area contributed by atoms with Gasteiger partial charge in [-0.25, -0.2) is 0 Å². The second-order valence-electron chi connectivity index (χ2n) is 4.72. The van der Waals surface area contributed by atoms with Crippen LogP contribution in [0.4, 0.5) is 0 Å².